The number of carboxylic acid groups (broad SMARTS) is 1. The van der Waals surface area contributed by atoms with E-state index < -0.39 is 19.8 Å². The summed E-state index contributed by atoms with van der Waals surface area (Å²) < 4.78 is 13.4. The van der Waals surface area contributed by atoms with Gasteiger partial charge >= 0.3 is 19.8 Å². The van der Waals surface area contributed by atoms with Gasteiger partial charge in [0.15, 0.2) is 0 Å². The van der Waals surface area contributed by atoms with Crippen LogP contribution in [0.4, 0.5) is 0 Å². The van der Waals surface area contributed by atoms with Gasteiger partial charge in [-0.3, -0.25) is 9.79 Å². The largest absolute Gasteiger partial charge is 0.527 e. The molecule has 0 amide bonds. The Bertz CT molecular complexity index is 261. The molecule has 12 heavy (non-hydrogen) atoms. The van der Waals surface area contributed by atoms with Crippen LogP contribution in [0.1, 0.15) is 0 Å². The summed E-state index contributed by atoms with van der Waals surface area (Å²) in [6.45, 7) is 0. The van der Waals surface area contributed by atoms with Gasteiger partial charge in [0.05, 0.1) is 0 Å². The summed E-state index contributed by atoms with van der Waals surface area (Å²) in [5.74, 6) is -2.83. The van der Waals surface area contributed by atoms with E-state index in [1.165, 1.54) is 0 Å². The quantitative estimate of drug-likeness (QED) is 0.401. The number of carbonyl (C=O) groups excluding carboxylic acids is 1. The average molecular weight is 196 g/mol. The molecule has 0 aromatic carbocycles. The molecule has 7 nitrogen and oxygen atoms in total. The van der Waals surface area contributed by atoms with Gasteiger partial charge in [0.2, 0.25) is 0 Å². The summed E-state index contributed by atoms with van der Waals surface area (Å²) in [6.07, 6.45) is 0.791. The van der Waals surface area contributed by atoms with Crippen molar-refractivity contribution in [3.05, 3.63) is 12.2 Å². The van der Waals surface area contributed by atoms with E-state index in [0.717, 1.165) is 0 Å². The number of carboxylic acids is 1. The van der Waals surface area contributed by atoms with Crippen molar-refractivity contribution in [1.82, 2.24) is 0 Å². The van der Waals surface area contributed by atoms with Crippen molar-refractivity contribution in [3.63, 3.8) is 0 Å². The van der Waals surface area contributed by atoms with Crippen LogP contribution in [0, 0.1) is 0 Å². The smallest absolute Gasteiger partial charge is 0.478 e. The van der Waals surface area contributed by atoms with Crippen molar-refractivity contribution >= 4 is 19.8 Å². The van der Waals surface area contributed by atoms with Crippen molar-refractivity contribution in [3.8, 4) is 0 Å². The second-order valence-electron chi connectivity index (χ2n) is 1.57. The highest BCUT2D eigenvalue weighted by molar-refractivity contribution is 7.46. The molecular formula is C4H5O7P. The maximum atomic E-state index is 10.3. The average Bonchev–Trinajstić information content (AvgIpc) is 1.79. The molecule has 0 aromatic rings. The Morgan fingerprint density at radius 3 is 2.08 bits per heavy atom. The third-order valence-corrected chi connectivity index (χ3v) is 0.989. The van der Waals surface area contributed by atoms with Gasteiger partial charge in [-0.25, -0.2) is 14.2 Å². The van der Waals surface area contributed by atoms with Gasteiger partial charge in [0.1, 0.15) is 0 Å². The van der Waals surface area contributed by atoms with Crippen LogP contribution in [-0.4, -0.2) is 26.8 Å². The third kappa shape index (κ3) is 6.94. The molecular weight excluding hydrogens is 191 g/mol. The molecule has 0 bridgehead atoms. The summed E-state index contributed by atoms with van der Waals surface area (Å²) >= 11 is 0. The van der Waals surface area contributed by atoms with E-state index >= 15 is 0 Å². The summed E-state index contributed by atoms with van der Waals surface area (Å²) in [5.41, 5.74) is 0. The molecule has 3 N–H and O–H groups in total. The molecule has 0 atom stereocenters. The number of hydrogen-bond donors (Lipinski definition) is 3. The first-order valence-electron chi connectivity index (χ1n) is 2.51. The Morgan fingerprint density at radius 2 is 1.75 bits per heavy atom. The molecule has 0 fully saturated rings. The molecule has 0 heterocycles. The lowest BCUT2D eigenvalue weighted by Gasteiger charge is -2.00. The lowest BCUT2D eigenvalue weighted by molar-refractivity contribution is -0.133. The molecule has 0 aliphatic heterocycles. The third-order valence-electron chi connectivity index (χ3n) is 0.571. The highest BCUT2D eigenvalue weighted by atomic mass is 31.2. The Hall–Kier alpha value is -1.17. The molecule has 0 spiro atoms. The first-order chi connectivity index (χ1) is 5.31. The topological polar surface area (TPSA) is 121 Å². The molecule has 0 radical (unpaired) electrons. The van der Waals surface area contributed by atoms with Crippen LogP contribution in [0.25, 0.3) is 0 Å². The number of aliphatic carboxylic acids is 1. The number of phosphoric acid groups is 1. The van der Waals surface area contributed by atoms with Crippen LogP contribution in [0.15, 0.2) is 12.2 Å². The van der Waals surface area contributed by atoms with Crippen LogP contribution in [-0.2, 0) is 18.7 Å². The van der Waals surface area contributed by atoms with E-state index in [4.69, 9.17) is 14.9 Å². The summed E-state index contributed by atoms with van der Waals surface area (Å²) in [6, 6.07) is 0. The van der Waals surface area contributed by atoms with Crippen LogP contribution in [0.5, 0.6) is 0 Å². The Kier molecular flexibility index (Phi) is 3.62. The van der Waals surface area contributed by atoms with E-state index in [9.17, 15) is 14.2 Å². The van der Waals surface area contributed by atoms with Crippen LogP contribution in [0.3, 0.4) is 0 Å². The first-order valence-corrected chi connectivity index (χ1v) is 4.04. The van der Waals surface area contributed by atoms with Crippen molar-refractivity contribution in [2.45, 2.75) is 0 Å². The van der Waals surface area contributed by atoms with E-state index in [2.05, 4.69) is 4.52 Å². The maximum absolute atomic E-state index is 10.3. The number of phosphoric ester groups is 1. The minimum absolute atomic E-state index is 0.390. The molecule has 0 unspecified atom stereocenters. The number of rotatable bonds is 3. The Morgan fingerprint density at radius 1 is 1.25 bits per heavy atom. The molecule has 0 rings (SSSR count). The highest BCUT2D eigenvalue weighted by Gasteiger charge is 2.18. The molecule has 0 aliphatic rings. The minimum atomic E-state index is -4.88. The molecule has 0 aromatic heterocycles. The van der Waals surface area contributed by atoms with Crippen molar-refractivity contribution in [2.24, 2.45) is 0 Å². The summed E-state index contributed by atoms with van der Waals surface area (Å²) in [7, 11) is -4.88. The van der Waals surface area contributed by atoms with Crippen molar-refractivity contribution in [2.75, 3.05) is 0 Å². The molecule has 0 aliphatic carbocycles. The van der Waals surface area contributed by atoms with Gasteiger partial charge in [-0.2, -0.15) is 0 Å². The second kappa shape index (κ2) is 4.01. The lowest BCUT2D eigenvalue weighted by atomic mass is 10.5. The van der Waals surface area contributed by atoms with Crippen molar-refractivity contribution < 1.29 is 33.6 Å². The first kappa shape index (κ1) is 10.8. The maximum Gasteiger partial charge on any atom is 0.527 e. The van der Waals surface area contributed by atoms with Gasteiger partial charge in [-0.05, 0) is 0 Å². The fraction of sp³-hybridized carbons (Fsp3) is 0. The Balaban J connectivity index is 4.09. The van der Waals surface area contributed by atoms with E-state index in [1.807, 2.05) is 0 Å². The number of carbonyl (C=O) groups is 2. The number of hydrogen-bond acceptors (Lipinski definition) is 4. The lowest BCUT2D eigenvalue weighted by Crippen LogP contribution is -1.99. The zero-order chi connectivity index (χ0) is 9.78. The van der Waals surface area contributed by atoms with E-state index in [0.29, 0.717) is 12.2 Å². The van der Waals surface area contributed by atoms with Crippen LogP contribution in [0.2, 0.25) is 0 Å². The normalized spacial score (nSPS) is 11.5. The summed E-state index contributed by atoms with van der Waals surface area (Å²) in [4.78, 5) is 36.2. The van der Waals surface area contributed by atoms with E-state index in [-0.39, 0.29) is 0 Å². The van der Waals surface area contributed by atoms with Gasteiger partial charge in [-0.1, -0.05) is 0 Å². The summed E-state index contributed by atoms with van der Waals surface area (Å²) in [5, 5.41) is 7.97. The zero-order valence-corrected chi connectivity index (χ0v) is 6.47. The van der Waals surface area contributed by atoms with Gasteiger partial charge < -0.3 is 9.63 Å². The Labute approximate surface area is 66.5 Å². The second-order valence-corrected chi connectivity index (χ2v) is 2.74. The van der Waals surface area contributed by atoms with Crippen LogP contribution < -0.4 is 0 Å². The molecule has 0 saturated carbocycles. The highest BCUT2D eigenvalue weighted by Crippen LogP contribution is 2.35. The standard InChI is InChI=1S/C4H5O7P/c5-3(6)1-2-4(7)11-12(8,9)10/h1-2H,(H,5,6)(H2,8,9,10)/b2-1-. The van der Waals surface area contributed by atoms with Gasteiger partial charge in [0, 0.05) is 12.2 Å². The fourth-order valence-corrected chi connectivity index (χ4v) is 0.582. The SMILES string of the molecule is O=C(O)/C=C\C(=O)OP(=O)(O)O. The van der Waals surface area contributed by atoms with Crippen LogP contribution >= 0.6 is 7.82 Å². The fourth-order valence-electron chi connectivity index (χ4n) is 0.287. The predicted octanol–water partition coefficient (Wildman–Crippen LogP) is -0.737. The van der Waals surface area contributed by atoms with Gasteiger partial charge in [-0.15, -0.1) is 0 Å². The monoisotopic (exact) mass is 196 g/mol. The molecule has 68 valence electrons. The minimum Gasteiger partial charge on any atom is -0.478 e. The zero-order valence-electron chi connectivity index (χ0n) is 5.58. The van der Waals surface area contributed by atoms with Crippen molar-refractivity contribution in [1.29, 1.82) is 0 Å². The predicted molar refractivity (Wildman–Crippen MR) is 34.9 cm³/mol. The molecule has 8 heteroatoms. The molecule has 0 saturated heterocycles. The van der Waals surface area contributed by atoms with Gasteiger partial charge in [0.25, 0.3) is 0 Å². The van der Waals surface area contributed by atoms with E-state index in [1.54, 1.807) is 0 Å².